The predicted octanol–water partition coefficient (Wildman–Crippen LogP) is 4.83. The largest absolute Gasteiger partial charge is 0.507 e. The van der Waals surface area contributed by atoms with Crippen molar-refractivity contribution in [3.05, 3.63) is 89.3 Å². The lowest BCUT2D eigenvalue weighted by Crippen LogP contribution is -2.30. The first-order valence-corrected chi connectivity index (χ1v) is 12.0. The average molecular weight is 484 g/mol. The van der Waals surface area contributed by atoms with Gasteiger partial charge in [-0.25, -0.2) is 0 Å². The lowest BCUT2D eigenvalue weighted by Gasteiger charge is -2.28. The van der Waals surface area contributed by atoms with E-state index in [1.54, 1.807) is 42.6 Å². The minimum Gasteiger partial charge on any atom is -0.507 e. The van der Waals surface area contributed by atoms with Gasteiger partial charge in [-0.2, -0.15) is 0 Å². The van der Waals surface area contributed by atoms with E-state index in [4.69, 9.17) is 4.74 Å². The van der Waals surface area contributed by atoms with Gasteiger partial charge in [-0.3, -0.25) is 19.5 Å². The molecule has 0 bridgehead atoms. The third-order valence-electron chi connectivity index (χ3n) is 6.75. The molecule has 0 saturated carbocycles. The second-order valence-electron chi connectivity index (χ2n) is 10.2. The van der Waals surface area contributed by atoms with Crippen molar-refractivity contribution in [2.24, 2.45) is 0 Å². The summed E-state index contributed by atoms with van der Waals surface area (Å²) < 4.78 is 5.71. The quantitative estimate of drug-likeness (QED) is 0.326. The lowest BCUT2D eigenvalue weighted by molar-refractivity contribution is -0.132. The van der Waals surface area contributed by atoms with E-state index in [1.807, 2.05) is 36.2 Å². The van der Waals surface area contributed by atoms with Crippen LogP contribution >= 0.6 is 0 Å². The van der Waals surface area contributed by atoms with Crippen molar-refractivity contribution < 1.29 is 19.4 Å². The summed E-state index contributed by atoms with van der Waals surface area (Å²) in [4.78, 5) is 34.7. The van der Waals surface area contributed by atoms with Gasteiger partial charge in [0.25, 0.3) is 11.7 Å². The number of rotatable bonds is 3. The van der Waals surface area contributed by atoms with Crippen LogP contribution in [-0.4, -0.2) is 42.0 Å². The van der Waals surface area contributed by atoms with Gasteiger partial charge in [-0.05, 0) is 53.4 Å². The number of benzene rings is 2. The lowest BCUT2D eigenvalue weighted by atomic mass is 9.87. The zero-order valence-electron chi connectivity index (χ0n) is 20.9. The van der Waals surface area contributed by atoms with Gasteiger partial charge in [0.2, 0.25) is 0 Å². The Hall–Kier alpha value is -4.13. The van der Waals surface area contributed by atoms with Crippen LogP contribution in [0.4, 0.5) is 11.4 Å². The molecule has 1 N–H and O–H groups in total. The third-order valence-corrected chi connectivity index (χ3v) is 6.75. The first-order valence-electron chi connectivity index (χ1n) is 12.0. The van der Waals surface area contributed by atoms with E-state index < -0.39 is 17.7 Å². The summed E-state index contributed by atoms with van der Waals surface area (Å²) in [5, 5.41) is 11.4. The van der Waals surface area contributed by atoms with Gasteiger partial charge in [0.05, 0.1) is 23.5 Å². The number of ketones is 1. The van der Waals surface area contributed by atoms with Crippen molar-refractivity contribution in [3.63, 3.8) is 0 Å². The SMILES string of the molecule is CN1CCOc2ccc(/C(O)=C3/C(=O)C(=O)N(c4ccc(C(C)(C)C)cc4)C3c3ccccn3)cc21. The van der Waals surface area contributed by atoms with Crippen LogP contribution in [0.1, 0.15) is 43.6 Å². The topological polar surface area (TPSA) is 83.0 Å². The highest BCUT2D eigenvalue weighted by Crippen LogP contribution is 2.43. The number of hydrogen-bond acceptors (Lipinski definition) is 6. The number of aliphatic hydroxyl groups is 1. The fraction of sp³-hybridized carbons (Fsp3) is 0.276. The second-order valence-corrected chi connectivity index (χ2v) is 10.2. The van der Waals surface area contributed by atoms with Crippen LogP contribution in [0.15, 0.2) is 72.4 Å². The van der Waals surface area contributed by atoms with Gasteiger partial charge in [0.1, 0.15) is 24.2 Å². The maximum Gasteiger partial charge on any atom is 0.300 e. The van der Waals surface area contributed by atoms with Crippen LogP contribution in [0.2, 0.25) is 0 Å². The van der Waals surface area contributed by atoms with Crippen LogP contribution in [0.5, 0.6) is 5.75 Å². The first kappa shape index (κ1) is 23.6. The Bertz CT molecular complexity index is 1360. The number of hydrogen-bond donors (Lipinski definition) is 1. The molecule has 3 heterocycles. The number of likely N-dealkylation sites (N-methyl/N-ethyl adjacent to an activating group) is 1. The molecular weight excluding hydrogens is 454 g/mol. The number of amides is 1. The smallest absolute Gasteiger partial charge is 0.300 e. The van der Waals surface area contributed by atoms with Crippen LogP contribution in [0.25, 0.3) is 5.76 Å². The first-order chi connectivity index (χ1) is 17.2. The molecule has 1 aromatic heterocycles. The maximum atomic E-state index is 13.4. The molecule has 7 heteroatoms. The molecule has 3 aromatic rings. The van der Waals surface area contributed by atoms with E-state index >= 15 is 0 Å². The molecule has 2 aliphatic heterocycles. The average Bonchev–Trinajstić information content (AvgIpc) is 3.14. The standard InChI is InChI=1S/C29H29N3O4/c1-29(2,3)19-9-11-20(12-10-19)32-25(21-7-5-6-14-30-21)24(27(34)28(32)35)26(33)18-8-13-23-22(17-18)31(4)15-16-36-23/h5-14,17,25,33H,15-16H2,1-4H3/b26-24-. The van der Waals surface area contributed by atoms with Gasteiger partial charge in [0.15, 0.2) is 0 Å². The molecule has 36 heavy (non-hydrogen) atoms. The highest BCUT2D eigenvalue weighted by atomic mass is 16.5. The zero-order chi connectivity index (χ0) is 25.6. The Morgan fingerprint density at radius 1 is 1.06 bits per heavy atom. The number of pyridine rings is 1. The molecule has 2 aromatic carbocycles. The molecule has 7 nitrogen and oxygen atoms in total. The van der Waals surface area contributed by atoms with Gasteiger partial charge in [-0.15, -0.1) is 0 Å². The van der Waals surface area contributed by atoms with Crippen LogP contribution in [-0.2, 0) is 15.0 Å². The van der Waals surface area contributed by atoms with E-state index in [-0.39, 0.29) is 16.7 Å². The van der Waals surface area contributed by atoms with Crippen molar-refractivity contribution in [2.45, 2.75) is 32.2 Å². The minimum atomic E-state index is -0.864. The van der Waals surface area contributed by atoms with Crippen molar-refractivity contribution in [3.8, 4) is 5.75 Å². The summed E-state index contributed by atoms with van der Waals surface area (Å²) in [5.41, 5.74) is 3.38. The number of Topliss-reactive ketones (excluding diaryl/α,β-unsaturated/α-hetero) is 1. The Kier molecular flexibility index (Phi) is 5.79. The Labute approximate surface area is 210 Å². The fourth-order valence-electron chi connectivity index (χ4n) is 4.69. The number of carbonyl (C=O) groups excluding carboxylic acids is 2. The zero-order valence-corrected chi connectivity index (χ0v) is 20.9. The molecule has 0 aliphatic carbocycles. The van der Waals surface area contributed by atoms with E-state index in [9.17, 15) is 14.7 Å². The van der Waals surface area contributed by atoms with Crippen LogP contribution < -0.4 is 14.5 Å². The highest BCUT2D eigenvalue weighted by Gasteiger charge is 2.47. The number of carbonyl (C=O) groups is 2. The number of anilines is 2. The number of aromatic nitrogens is 1. The van der Waals surface area contributed by atoms with Crippen molar-refractivity contribution >= 4 is 28.8 Å². The molecule has 2 aliphatic rings. The van der Waals surface area contributed by atoms with Gasteiger partial charge < -0.3 is 14.7 Å². The molecule has 1 atom stereocenters. The highest BCUT2D eigenvalue weighted by molar-refractivity contribution is 6.51. The summed E-state index contributed by atoms with van der Waals surface area (Å²) in [6, 6.07) is 17.3. The molecule has 1 amide bonds. The molecule has 1 fully saturated rings. The van der Waals surface area contributed by atoms with Gasteiger partial charge in [0, 0.05) is 24.5 Å². The van der Waals surface area contributed by atoms with Gasteiger partial charge >= 0.3 is 0 Å². The predicted molar refractivity (Wildman–Crippen MR) is 139 cm³/mol. The van der Waals surface area contributed by atoms with Crippen molar-refractivity contribution in [1.29, 1.82) is 0 Å². The summed E-state index contributed by atoms with van der Waals surface area (Å²) in [7, 11) is 1.94. The van der Waals surface area contributed by atoms with Crippen molar-refractivity contribution in [1.82, 2.24) is 4.98 Å². The maximum absolute atomic E-state index is 13.4. The fourth-order valence-corrected chi connectivity index (χ4v) is 4.69. The molecule has 0 radical (unpaired) electrons. The molecule has 184 valence electrons. The van der Waals surface area contributed by atoms with Crippen LogP contribution in [0.3, 0.4) is 0 Å². The van der Waals surface area contributed by atoms with Gasteiger partial charge in [-0.1, -0.05) is 39.0 Å². The normalized spacial score (nSPS) is 19.3. The van der Waals surface area contributed by atoms with E-state index in [1.165, 1.54) is 4.90 Å². The Balaban J connectivity index is 1.65. The molecule has 1 saturated heterocycles. The second kappa shape index (κ2) is 8.82. The Morgan fingerprint density at radius 2 is 1.81 bits per heavy atom. The number of aliphatic hydroxyl groups excluding tert-OH is 1. The summed E-state index contributed by atoms with van der Waals surface area (Å²) in [6.45, 7) is 7.63. The Morgan fingerprint density at radius 3 is 2.47 bits per heavy atom. The molecule has 1 unspecified atom stereocenters. The monoisotopic (exact) mass is 483 g/mol. The number of ether oxygens (including phenoxy) is 1. The number of fused-ring (bicyclic) bond motifs is 1. The van der Waals surface area contributed by atoms with E-state index in [2.05, 4.69) is 25.8 Å². The van der Waals surface area contributed by atoms with E-state index in [0.717, 1.165) is 11.3 Å². The summed E-state index contributed by atoms with van der Waals surface area (Å²) in [6.07, 6.45) is 1.61. The minimum absolute atomic E-state index is 0.0120. The van der Waals surface area contributed by atoms with E-state index in [0.29, 0.717) is 35.8 Å². The number of nitrogens with zero attached hydrogens (tertiary/aromatic N) is 3. The molecular formula is C29H29N3O4. The molecule has 5 rings (SSSR count). The summed E-state index contributed by atoms with van der Waals surface area (Å²) >= 11 is 0. The van der Waals surface area contributed by atoms with Crippen molar-refractivity contribution in [2.75, 3.05) is 30.0 Å². The third kappa shape index (κ3) is 4.00. The molecule has 0 spiro atoms. The summed E-state index contributed by atoms with van der Waals surface area (Å²) in [5.74, 6) is -0.972. The van der Waals surface area contributed by atoms with Crippen LogP contribution in [0, 0.1) is 0 Å².